The molecule has 0 fully saturated rings. The zero-order chi connectivity index (χ0) is 13.5. The number of aliphatic hydroxyl groups excluding tert-OH is 1. The number of carbonyl (C=O) groups is 2. The molecule has 5 nitrogen and oxygen atoms in total. The average Bonchev–Trinajstić information content (AvgIpc) is 2.22. The molecule has 17 heavy (non-hydrogen) atoms. The van der Waals surface area contributed by atoms with Crippen LogP contribution >= 0.6 is 21.6 Å². The molecule has 0 aromatic heterocycles. The molecule has 0 saturated heterocycles. The molecule has 1 unspecified atom stereocenters. The summed E-state index contributed by atoms with van der Waals surface area (Å²) in [6.07, 6.45) is -0.546. The van der Waals surface area contributed by atoms with Crippen molar-refractivity contribution in [1.29, 1.82) is 0 Å². The molecule has 0 bridgehead atoms. The SMILES string of the molecule is CC(C)(CCSSCCC(O)C(=O)O)C(=O)O. The van der Waals surface area contributed by atoms with E-state index in [0.717, 1.165) is 0 Å². The fourth-order valence-corrected chi connectivity index (χ4v) is 3.20. The zero-order valence-electron chi connectivity index (χ0n) is 9.88. The van der Waals surface area contributed by atoms with E-state index in [0.29, 0.717) is 17.9 Å². The quantitative estimate of drug-likeness (QED) is 0.437. The normalized spacial score (nSPS) is 13.4. The molecule has 0 heterocycles. The van der Waals surface area contributed by atoms with Crippen LogP contribution < -0.4 is 0 Å². The van der Waals surface area contributed by atoms with Gasteiger partial charge in [-0.1, -0.05) is 21.6 Å². The van der Waals surface area contributed by atoms with Crippen molar-refractivity contribution in [3.05, 3.63) is 0 Å². The maximum absolute atomic E-state index is 10.8. The summed E-state index contributed by atoms with van der Waals surface area (Å²) in [6, 6.07) is 0. The Kier molecular flexibility index (Phi) is 7.65. The van der Waals surface area contributed by atoms with Gasteiger partial charge in [-0.3, -0.25) is 4.79 Å². The van der Waals surface area contributed by atoms with E-state index >= 15 is 0 Å². The predicted molar refractivity (Wildman–Crippen MR) is 69.2 cm³/mol. The van der Waals surface area contributed by atoms with Gasteiger partial charge in [-0.05, 0) is 26.7 Å². The fourth-order valence-electron chi connectivity index (χ4n) is 0.805. The van der Waals surface area contributed by atoms with Crippen LogP contribution in [0.25, 0.3) is 0 Å². The smallest absolute Gasteiger partial charge is 0.332 e. The van der Waals surface area contributed by atoms with Gasteiger partial charge in [-0.25, -0.2) is 4.79 Å². The maximum Gasteiger partial charge on any atom is 0.332 e. The first-order valence-electron chi connectivity index (χ1n) is 5.16. The predicted octanol–water partition coefficient (Wildman–Crippen LogP) is 1.70. The summed E-state index contributed by atoms with van der Waals surface area (Å²) in [6.45, 7) is 3.35. The van der Waals surface area contributed by atoms with E-state index in [9.17, 15) is 9.59 Å². The van der Waals surface area contributed by atoms with Crippen LogP contribution in [0.3, 0.4) is 0 Å². The molecule has 0 aromatic rings. The molecular weight excluding hydrogens is 264 g/mol. The second-order valence-electron chi connectivity index (χ2n) is 4.23. The van der Waals surface area contributed by atoms with Crippen molar-refractivity contribution >= 4 is 33.5 Å². The van der Waals surface area contributed by atoms with E-state index in [1.807, 2.05) is 0 Å². The zero-order valence-corrected chi connectivity index (χ0v) is 11.5. The van der Waals surface area contributed by atoms with Gasteiger partial charge in [-0.15, -0.1) is 0 Å². The molecule has 0 saturated carbocycles. The number of aliphatic carboxylic acids is 2. The van der Waals surface area contributed by atoms with Crippen LogP contribution in [0.15, 0.2) is 0 Å². The van der Waals surface area contributed by atoms with Crippen LogP contribution in [0.2, 0.25) is 0 Å². The van der Waals surface area contributed by atoms with E-state index in [2.05, 4.69) is 0 Å². The number of hydrogen-bond acceptors (Lipinski definition) is 5. The van der Waals surface area contributed by atoms with Crippen LogP contribution in [-0.2, 0) is 9.59 Å². The minimum atomic E-state index is -1.31. The number of rotatable bonds is 9. The number of aliphatic hydroxyl groups is 1. The van der Waals surface area contributed by atoms with Crippen molar-refractivity contribution in [2.75, 3.05) is 11.5 Å². The van der Waals surface area contributed by atoms with Crippen LogP contribution in [0.5, 0.6) is 0 Å². The molecule has 0 aliphatic carbocycles. The average molecular weight is 282 g/mol. The summed E-state index contributed by atoms with van der Waals surface area (Å²) in [5.74, 6) is -0.800. The number of carboxylic acids is 2. The van der Waals surface area contributed by atoms with Crippen molar-refractivity contribution < 1.29 is 24.9 Å². The first-order valence-corrected chi connectivity index (χ1v) is 7.65. The van der Waals surface area contributed by atoms with Crippen molar-refractivity contribution in [3.8, 4) is 0 Å². The minimum Gasteiger partial charge on any atom is -0.481 e. The molecule has 0 aromatic carbocycles. The van der Waals surface area contributed by atoms with Crippen LogP contribution in [0.4, 0.5) is 0 Å². The van der Waals surface area contributed by atoms with Gasteiger partial charge < -0.3 is 15.3 Å². The summed E-state index contributed by atoms with van der Waals surface area (Å²) in [4.78, 5) is 21.1. The standard InChI is InChI=1S/C10H18O5S2/c1-10(2,9(14)15)4-6-17-16-5-3-7(11)8(12)13/h7,11H,3-6H2,1-2H3,(H,12,13)(H,14,15). The highest BCUT2D eigenvalue weighted by atomic mass is 33.1. The molecule has 0 aliphatic rings. The van der Waals surface area contributed by atoms with Gasteiger partial charge in [0.2, 0.25) is 0 Å². The van der Waals surface area contributed by atoms with Gasteiger partial charge in [0.05, 0.1) is 5.41 Å². The summed E-state index contributed by atoms with van der Waals surface area (Å²) in [7, 11) is 2.95. The van der Waals surface area contributed by atoms with Gasteiger partial charge in [-0.2, -0.15) is 0 Å². The Morgan fingerprint density at radius 3 is 2.18 bits per heavy atom. The summed E-state index contributed by atoms with van der Waals surface area (Å²) >= 11 is 0. The van der Waals surface area contributed by atoms with E-state index < -0.39 is 23.5 Å². The van der Waals surface area contributed by atoms with Crippen LogP contribution in [0, 0.1) is 5.41 Å². The summed E-state index contributed by atoms with van der Waals surface area (Å²) < 4.78 is 0. The van der Waals surface area contributed by atoms with Crippen molar-refractivity contribution in [2.24, 2.45) is 5.41 Å². The van der Waals surface area contributed by atoms with Crippen molar-refractivity contribution in [2.45, 2.75) is 32.8 Å². The molecule has 0 radical (unpaired) electrons. The van der Waals surface area contributed by atoms with Gasteiger partial charge in [0.25, 0.3) is 0 Å². The highest BCUT2D eigenvalue weighted by molar-refractivity contribution is 8.76. The molecule has 1 atom stereocenters. The molecular formula is C10H18O5S2. The Morgan fingerprint density at radius 1 is 1.18 bits per heavy atom. The Morgan fingerprint density at radius 2 is 1.71 bits per heavy atom. The van der Waals surface area contributed by atoms with Crippen molar-refractivity contribution in [3.63, 3.8) is 0 Å². The first-order chi connectivity index (χ1) is 7.77. The third kappa shape index (κ3) is 7.51. The summed E-state index contributed by atoms with van der Waals surface area (Å²) in [5, 5.41) is 26.3. The van der Waals surface area contributed by atoms with E-state index in [1.165, 1.54) is 21.6 Å². The van der Waals surface area contributed by atoms with Gasteiger partial charge in [0.15, 0.2) is 6.10 Å². The summed E-state index contributed by atoms with van der Waals surface area (Å²) in [5.41, 5.74) is -0.728. The molecule has 7 heteroatoms. The first kappa shape index (κ1) is 16.6. The third-order valence-electron chi connectivity index (χ3n) is 2.23. The van der Waals surface area contributed by atoms with Gasteiger partial charge >= 0.3 is 11.9 Å². The van der Waals surface area contributed by atoms with Crippen molar-refractivity contribution in [1.82, 2.24) is 0 Å². The lowest BCUT2D eigenvalue weighted by Gasteiger charge is -2.17. The molecule has 3 N–H and O–H groups in total. The molecule has 0 amide bonds. The largest absolute Gasteiger partial charge is 0.481 e. The Hall–Kier alpha value is -0.400. The Bertz CT molecular complexity index is 267. The third-order valence-corrected chi connectivity index (χ3v) is 4.67. The minimum absolute atomic E-state index is 0.204. The molecule has 0 spiro atoms. The number of carboxylic acid groups (broad SMARTS) is 2. The lowest BCUT2D eigenvalue weighted by Crippen LogP contribution is -2.24. The van der Waals surface area contributed by atoms with E-state index in [1.54, 1.807) is 13.8 Å². The monoisotopic (exact) mass is 282 g/mol. The molecule has 0 aliphatic heterocycles. The molecule has 0 rings (SSSR count). The molecule has 100 valence electrons. The second kappa shape index (κ2) is 7.84. The van der Waals surface area contributed by atoms with Gasteiger partial charge in [0.1, 0.15) is 0 Å². The topological polar surface area (TPSA) is 94.8 Å². The highest BCUT2D eigenvalue weighted by Crippen LogP contribution is 2.29. The lowest BCUT2D eigenvalue weighted by molar-refractivity contribution is -0.147. The Labute approximate surface area is 108 Å². The fraction of sp³-hybridized carbons (Fsp3) is 0.800. The van der Waals surface area contributed by atoms with Gasteiger partial charge in [0, 0.05) is 11.5 Å². The van der Waals surface area contributed by atoms with Crippen LogP contribution in [0.1, 0.15) is 26.7 Å². The lowest BCUT2D eigenvalue weighted by atomic mass is 9.91. The van der Waals surface area contributed by atoms with Crippen LogP contribution in [-0.4, -0.2) is 44.9 Å². The van der Waals surface area contributed by atoms with E-state index in [4.69, 9.17) is 15.3 Å². The highest BCUT2D eigenvalue weighted by Gasteiger charge is 2.26. The Balaban J connectivity index is 3.54. The second-order valence-corrected chi connectivity index (χ2v) is 6.93. The van der Waals surface area contributed by atoms with E-state index in [-0.39, 0.29) is 6.42 Å². The maximum atomic E-state index is 10.8. The number of hydrogen-bond donors (Lipinski definition) is 3.